The van der Waals surface area contributed by atoms with Gasteiger partial charge in [0.05, 0.1) is 0 Å². The number of carbonyl (C=O) groups is 1. The van der Waals surface area contributed by atoms with Gasteiger partial charge in [-0.15, -0.1) is 0 Å². The van der Waals surface area contributed by atoms with Gasteiger partial charge in [-0.3, -0.25) is 0 Å². The van der Waals surface area contributed by atoms with Crippen molar-refractivity contribution in [3.8, 4) is 0 Å². The summed E-state index contributed by atoms with van der Waals surface area (Å²) in [7, 11) is 0. The summed E-state index contributed by atoms with van der Waals surface area (Å²) in [4.78, 5) is 16.3. The molecule has 1 unspecified atom stereocenters. The molecule has 0 fully saturated rings. The standard InChI is InChI=1S/C24H45NO2/c1-5-7-8-9-10-11-12-13-14-15-16-17-18-19-20-23(6-2)21-25-27-24(26)22(3)4/h13-14,23,25H,3,5-12,15-21H2,1-2,4H3/b14-13-. The fraction of sp³-hybridized carbons (Fsp3) is 0.792. The molecule has 0 spiro atoms. The van der Waals surface area contributed by atoms with Gasteiger partial charge in [-0.2, -0.15) is 5.48 Å². The lowest BCUT2D eigenvalue weighted by molar-refractivity contribution is -0.146. The molecule has 1 atom stereocenters. The normalized spacial score (nSPS) is 12.4. The van der Waals surface area contributed by atoms with Crippen molar-refractivity contribution in [3.63, 3.8) is 0 Å². The van der Waals surface area contributed by atoms with Gasteiger partial charge in [-0.1, -0.05) is 90.4 Å². The zero-order chi connectivity index (χ0) is 20.2. The molecule has 0 bridgehead atoms. The Morgan fingerprint density at radius 1 is 0.926 bits per heavy atom. The fourth-order valence-electron chi connectivity index (χ4n) is 3.09. The lowest BCUT2D eigenvalue weighted by Crippen LogP contribution is -2.26. The Morgan fingerprint density at radius 3 is 2.04 bits per heavy atom. The largest absolute Gasteiger partial charge is 0.367 e. The second kappa shape index (κ2) is 19.7. The van der Waals surface area contributed by atoms with Crippen LogP contribution in [0.5, 0.6) is 0 Å². The van der Waals surface area contributed by atoms with Crippen molar-refractivity contribution in [3.05, 3.63) is 24.3 Å². The number of allylic oxidation sites excluding steroid dienone is 2. The molecular formula is C24H45NO2. The highest BCUT2D eigenvalue weighted by molar-refractivity contribution is 5.86. The van der Waals surface area contributed by atoms with E-state index in [2.05, 4.69) is 38.1 Å². The molecule has 158 valence electrons. The van der Waals surface area contributed by atoms with Gasteiger partial charge in [0, 0.05) is 12.1 Å². The molecule has 0 amide bonds. The molecule has 0 rings (SSSR count). The average molecular weight is 380 g/mol. The van der Waals surface area contributed by atoms with Gasteiger partial charge >= 0.3 is 5.97 Å². The van der Waals surface area contributed by atoms with Crippen molar-refractivity contribution in [2.75, 3.05) is 6.54 Å². The van der Waals surface area contributed by atoms with Crippen LogP contribution >= 0.6 is 0 Å². The minimum atomic E-state index is -0.366. The lowest BCUT2D eigenvalue weighted by Gasteiger charge is -2.15. The quantitative estimate of drug-likeness (QED) is 0.111. The van der Waals surface area contributed by atoms with Crippen molar-refractivity contribution in [1.29, 1.82) is 0 Å². The van der Waals surface area contributed by atoms with Gasteiger partial charge in [-0.05, 0) is 44.9 Å². The predicted molar refractivity (Wildman–Crippen MR) is 118 cm³/mol. The molecule has 0 aliphatic carbocycles. The van der Waals surface area contributed by atoms with Crippen LogP contribution in [-0.4, -0.2) is 12.5 Å². The molecule has 0 heterocycles. The maximum atomic E-state index is 11.3. The third-order valence-corrected chi connectivity index (χ3v) is 5.09. The van der Waals surface area contributed by atoms with E-state index < -0.39 is 0 Å². The molecule has 1 N–H and O–H groups in total. The van der Waals surface area contributed by atoms with Crippen LogP contribution in [0, 0.1) is 5.92 Å². The number of rotatable bonds is 19. The van der Waals surface area contributed by atoms with E-state index in [9.17, 15) is 4.79 Å². The number of unbranched alkanes of at least 4 members (excludes halogenated alkanes) is 10. The summed E-state index contributed by atoms with van der Waals surface area (Å²) in [6, 6.07) is 0. The highest BCUT2D eigenvalue weighted by Gasteiger charge is 2.08. The van der Waals surface area contributed by atoms with E-state index in [1.54, 1.807) is 6.92 Å². The second-order valence-corrected chi connectivity index (χ2v) is 7.81. The number of hydrogen-bond donors (Lipinski definition) is 1. The van der Waals surface area contributed by atoms with E-state index in [1.807, 2.05) is 0 Å². The lowest BCUT2D eigenvalue weighted by atomic mass is 9.98. The van der Waals surface area contributed by atoms with Gasteiger partial charge < -0.3 is 4.84 Å². The van der Waals surface area contributed by atoms with Crippen LogP contribution < -0.4 is 5.48 Å². The van der Waals surface area contributed by atoms with E-state index >= 15 is 0 Å². The third kappa shape index (κ3) is 18.1. The summed E-state index contributed by atoms with van der Waals surface area (Å²) in [5.41, 5.74) is 3.22. The van der Waals surface area contributed by atoms with Crippen LogP contribution in [-0.2, 0) is 9.63 Å². The molecule has 3 nitrogen and oxygen atoms in total. The molecule has 0 radical (unpaired) electrons. The number of hydroxylamine groups is 1. The van der Waals surface area contributed by atoms with Crippen molar-refractivity contribution < 1.29 is 9.63 Å². The van der Waals surface area contributed by atoms with E-state index in [4.69, 9.17) is 4.84 Å². The molecular weight excluding hydrogens is 334 g/mol. The van der Waals surface area contributed by atoms with Gasteiger partial charge in [0.15, 0.2) is 0 Å². The van der Waals surface area contributed by atoms with Crippen molar-refractivity contribution in [1.82, 2.24) is 5.48 Å². The Labute approximate surface area is 169 Å². The Hall–Kier alpha value is -1.09. The maximum Gasteiger partial charge on any atom is 0.351 e. The summed E-state index contributed by atoms with van der Waals surface area (Å²) in [5, 5.41) is 0. The van der Waals surface area contributed by atoms with Crippen molar-refractivity contribution >= 4 is 5.97 Å². The third-order valence-electron chi connectivity index (χ3n) is 5.09. The molecule has 27 heavy (non-hydrogen) atoms. The molecule has 0 aromatic rings. The molecule has 0 saturated carbocycles. The van der Waals surface area contributed by atoms with Crippen LogP contribution in [0.25, 0.3) is 0 Å². The Balaban J connectivity index is 3.44. The highest BCUT2D eigenvalue weighted by Crippen LogP contribution is 2.14. The minimum absolute atomic E-state index is 0.366. The van der Waals surface area contributed by atoms with Gasteiger partial charge in [0.25, 0.3) is 0 Å². The molecule has 0 aromatic carbocycles. The average Bonchev–Trinajstić information content (AvgIpc) is 2.66. The number of hydrogen-bond acceptors (Lipinski definition) is 3. The molecule has 0 saturated heterocycles. The Morgan fingerprint density at radius 2 is 1.48 bits per heavy atom. The first kappa shape index (κ1) is 25.9. The van der Waals surface area contributed by atoms with E-state index in [-0.39, 0.29) is 5.97 Å². The Kier molecular flexibility index (Phi) is 18.9. The van der Waals surface area contributed by atoms with Crippen LogP contribution in [0.4, 0.5) is 0 Å². The van der Waals surface area contributed by atoms with Crippen molar-refractivity contribution in [2.24, 2.45) is 5.92 Å². The molecule has 0 aromatic heterocycles. The first-order valence-electron chi connectivity index (χ1n) is 11.4. The molecule has 0 aliphatic rings. The summed E-state index contributed by atoms with van der Waals surface area (Å²) in [6.45, 7) is 10.4. The maximum absolute atomic E-state index is 11.3. The van der Waals surface area contributed by atoms with Crippen LogP contribution in [0.1, 0.15) is 111 Å². The summed E-state index contributed by atoms with van der Waals surface area (Å²) < 4.78 is 0. The van der Waals surface area contributed by atoms with Gasteiger partial charge in [-0.25, -0.2) is 4.79 Å². The monoisotopic (exact) mass is 379 g/mol. The minimum Gasteiger partial charge on any atom is -0.367 e. The number of carbonyl (C=O) groups excluding carboxylic acids is 1. The van der Waals surface area contributed by atoms with Crippen LogP contribution in [0.15, 0.2) is 24.3 Å². The number of nitrogens with one attached hydrogen (secondary N) is 1. The van der Waals surface area contributed by atoms with Gasteiger partial charge in [0.2, 0.25) is 0 Å². The summed E-state index contributed by atoms with van der Waals surface area (Å²) >= 11 is 0. The van der Waals surface area contributed by atoms with Crippen LogP contribution in [0.3, 0.4) is 0 Å². The molecule has 3 heteroatoms. The van der Waals surface area contributed by atoms with E-state index in [0.29, 0.717) is 11.5 Å². The highest BCUT2D eigenvalue weighted by atomic mass is 16.7. The first-order chi connectivity index (χ1) is 13.1. The van der Waals surface area contributed by atoms with Crippen molar-refractivity contribution in [2.45, 2.75) is 111 Å². The topological polar surface area (TPSA) is 38.3 Å². The molecule has 0 aliphatic heterocycles. The second-order valence-electron chi connectivity index (χ2n) is 7.81. The zero-order valence-electron chi connectivity index (χ0n) is 18.4. The van der Waals surface area contributed by atoms with Crippen LogP contribution in [0.2, 0.25) is 0 Å². The van der Waals surface area contributed by atoms with E-state index in [1.165, 1.54) is 83.5 Å². The summed E-state index contributed by atoms with van der Waals surface area (Å²) in [6.07, 6.45) is 23.0. The zero-order valence-corrected chi connectivity index (χ0v) is 18.4. The predicted octanol–water partition coefficient (Wildman–Crippen LogP) is 7.28. The smallest absolute Gasteiger partial charge is 0.351 e. The summed E-state index contributed by atoms with van der Waals surface area (Å²) in [5.74, 6) is 0.203. The first-order valence-corrected chi connectivity index (χ1v) is 11.4. The SMILES string of the molecule is C=C(C)C(=O)ONCC(CC)CCCCCC/C=C\CCCCCCCC. The van der Waals surface area contributed by atoms with E-state index in [0.717, 1.165) is 13.0 Å². The van der Waals surface area contributed by atoms with Gasteiger partial charge in [0.1, 0.15) is 0 Å². The Bertz CT molecular complexity index is 390. The fourth-order valence-corrected chi connectivity index (χ4v) is 3.09.